The number of ketones is 1. The number of benzene rings is 4. The van der Waals surface area contributed by atoms with E-state index in [1.165, 1.54) is 17.2 Å². The van der Waals surface area contributed by atoms with Crippen molar-refractivity contribution in [3.8, 4) is 17.2 Å². The first kappa shape index (κ1) is 59.1. The quantitative estimate of drug-likeness (QED) is 0.0275. The van der Waals surface area contributed by atoms with Crippen LogP contribution in [0.5, 0.6) is 17.2 Å². The fraction of sp³-hybridized carbons (Fsp3) is 0.484. The Morgan fingerprint density at radius 2 is 1.53 bits per heavy atom. The first-order chi connectivity index (χ1) is 38.1. The van der Waals surface area contributed by atoms with Gasteiger partial charge in [0.2, 0.25) is 17.7 Å². The fourth-order valence-corrected chi connectivity index (χ4v) is 10.9. The third-order valence-electron chi connectivity index (χ3n) is 15.4. The predicted octanol–water partition coefficient (Wildman–Crippen LogP) is 9.12. The Morgan fingerprint density at radius 3 is 2.27 bits per heavy atom. The van der Waals surface area contributed by atoms with Crippen LogP contribution in [0.2, 0.25) is 0 Å². The number of methoxy groups -OCH3 is 2. The maximum Gasteiger partial charge on any atom is 0.329 e. The van der Waals surface area contributed by atoms with Gasteiger partial charge in [-0.3, -0.25) is 43.8 Å². The minimum Gasteiger partial charge on any atom is -0.493 e. The number of imide groups is 2. The molecule has 2 unspecified atom stereocenters. The summed E-state index contributed by atoms with van der Waals surface area (Å²) in [5.74, 6) is -2.06. The average Bonchev–Trinajstić information content (AvgIpc) is 3.89. The smallest absolute Gasteiger partial charge is 0.329 e. The number of Topliss-reactive ketones (excluding diaryl/α,β-unsaturated/α-hetero) is 1. The Morgan fingerprint density at radius 1 is 0.772 bits per heavy atom. The summed E-state index contributed by atoms with van der Waals surface area (Å²) in [7, 11) is 3.16. The molecule has 0 aliphatic carbocycles. The van der Waals surface area contributed by atoms with E-state index in [-0.39, 0.29) is 54.7 Å². The number of carbonyl (C=O) groups is 8. The van der Waals surface area contributed by atoms with Gasteiger partial charge in [-0.15, -0.1) is 0 Å². The van der Waals surface area contributed by atoms with Gasteiger partial charge in [-0.25, -0.2) is 4.79 Å². The van der Waals surface area contributed by atoms with Gasteiger partial charge in [0.15, 0.2) is 23.9 Å². The third-order valence-corrected chi connectivity index (χ3v) is 15.4. The summed E-state index contributed by atoms with van der Waals surface area (Å²) in [4.78, 5) is 108. The van der Waals surface area contributed by atoms with Crippen LogP contribution in [0.25, 0.3) is 0 Å². The largest absolute Gasteiger partial charge is 0.493 e. The molecule has 3 N–H and O–H groups in total. The summed E-state index contributed by atoms with van der Waals surface area (Å²) in [5, 5.41) is 8.16. The van der Waals surface area contributed by atoms with Crippen LogP contribution < -0.4 is 30.2 Å². The summed E-state index contributed by atoms with van der Waals surface area (Å²) in [5.41, 5.74) is 6.50. The first-order valence-corrected chi connectivity index (χ1v) is 28.0. The molecule has 4 aromatic rings. The monoisotopic (exact) mass is 1080 g/mol. The van der Waals surface area contributed by atoms with Crippen molar-refractivity contribution >= 4 is 52.9 Å². The number of nitrogens with one attached hydrogen (secondary N) is 3. The molecule has 2 fully saturated rings. The standard InChI is InChI=1S/C62H77N5O12/c1-7-47(44-34-41(4)57(77-6)53(36-44)76-5)59(72)66-32-16-14-24-51(66)62(75)79-52(29-27-42-26-25-39(2)40(3)33-42)43-19-17-21-46(35-43)78-38-55(70)63-31-15-12-10-8-9-11-13-20-45(68)37-64-49-23-18-22-48-56(49)61(74)67(60(48)73)50-28-30-54(69)65-58(50)71/h17-19,21-23,25-26,33-36,47,50-52,64H,7-16,20,24,27-32,37-38H2,1-6H3,(H,63,70)(H,65,69,71)/t47-,50?,51-,52?/m0/s1. The minimum absolute atomic E-state index is 0.0128. The van der Waals surface area contributed by atoms with E-state index >= 15 is 0 Å². The Hall–Kier alpha value is -7.56. The van der Waals surface area contributed by atoms with Gasteiger partial charge in [-0.05, 0) is 142 Å². The molecule has 79 heavy (non-hydrogen) atoms. The van der Waals surface area contributed by atoms with Crippen molar-refractivity contribution in [1.82, 2.24) is 20.4 Å². The van der Waals surface area contributed by atoms with Crippen molar-refractivity contribution in [2.24, 2.45) is 0 Å². The van der Waals surface area contributed by atoms with Crippen LogP contribution in [0, 0.1) is 20.8 Å². The van der Waals surface area contributed by atoms with E-state index in [0.717, 1.165) is 84.9 Å². The molecule has 17 nitrogen and oxygen atoms in total. The van der Waals surface area contributed by atoms with E-state index in [9.17, 15) is 38.4 Å². The fourth-order valence-electron chi connectivity index (χ4n) is 10.9. The molecule has 4 aromatic carbocycles. The number of nitrogens with zero attached hydrogens (tertiary/aromatic N) is 2. The third kappa shape index (κ3) is 15.2. The highest BCUT2D eigenvalue weighted by Crippen LogP contribution is 2.38. The van der Waals surface area contributed by atoms with Gasteiger partial charge in [0, 0.05) is 31.6 Å². The number of unbranched alkanes of at least 4 members (excludes halogenated alkanes) is 6. The zero-order chi connectivity index (χ0) is 56.6. The molecule has 2 saturated heterocycles. The highest BCUT2D eigenvalue weighted by atomic mass is 16.5. The highest BCUT2D eigenvalue weighted by Gasteiger charge is 2.46. The molecule has 7 rings (SSSR count). The van der Waals surface area contributed by atoms with E-state index in [2.05, 4.69) is 48.0 Å². The summed E-state index contributed by atoms with van der Waals surface area (Å²) >= 11 is 0. The Balaban J connectivity index is 0.834. The van der Waals surface area contributed by atoms with Crippen molar-refractivity contribution in [1.29, 1.82) is 0 Å². The van der Waals surface area contributed by atoms with Crippen LogP contribution in [0.4, 0.5) is 5.69 Å². The topological polar surface area (TPSA) is 216 Å². The second-order valence-electron chi connectivity index (χ2n) is 21.0. The number of anilines is 1. The van der Waals surface area contributed by atoms with E-state index in [1.807, 2.05) is 44.2 Å². The lowest BCUT2D eigenvalue weighted by Gasteiger charge is -2.37. The number of fused-ring (bicyclic) bond motifs is 1. The average molecular weight is 1080 g/mol. The molecule has 6 amide bonds. The number of hydrogen-bond donors (Lipinski definition) is 3. The molecule has 0 radical (unpaired) electrons. The number of esters is 1. The van der Waals surface area contributed by atoms with E-state index in [0.29, 0.717) is 68.1 Å². The van der Waals surface area contributed by atoms with Crippen molar-refractivity contribution in [3.63, 3.8) is 0 Å². The highest BCUT2D eigenvalue weighted by molar-refractivity contribution is 6.25. The van der Waals surface area contributed by atoms with E-state index in [4.69, 9.17) is 18.9 Å². The number of rotatable bonds is 28. The SMILES string of the molecule is CC[C@H](C(=O)N1CCCC[C@H]1C(=O)OC(CCc1ccc(C)c(C)c1)c1cccc(OCC(=O)NCCCCCCCCCC(=O)CNc2cccc3c2C(=O)N(C2CCC(=O)NC2=O)C3=O)c1)c1cc(C)c(OC)c(OC)c1. The zero-order valence-electron chi connectivity index (χ0n) is 46.7. The van der Waals surface area contributed by atoms with Crippen LogP contribution in [-0.4, -0.2) is 110 Å². The Labute approximate surface area is 463 Å². The molecular formula is C62H77N5O12. The van der Waals surface area contributed by atoms with Crippen LogP contribution in [0.3, 0.4) is 0 Å². The number of piperidine rings is 2. The lowest BCUT2D eigenvalue weighted by molar-refractivity contribution is -0.162. The van der Waals surface area contributed by atoms with Crippen molar-refractivity contribution < 1.29 is 57.3 Å². The molecule has 3 aliphatic heterocycles. The second-order valence-corrected chi connectivity index (χ2v) is 21.0. The van der Waals surface area contributed by atoms with E-state index < -0.39 is 53.7 Å². The maximum atomic E-state index is 14.5. The van der Waals surface area contributed by atoms with E-state index in [1.54, 1.807) is 37.3 Å². The Kier molecular flexibility index (Phi) is 21.2. The second kappa shape index (κ2) is 28.4. The van der Waals surface area contributed by atoms with Gasteiger partial charge >= 0.3 is 5.97 Å². The normalized spacial score (nSPS) is 16.9. The van der Waals surface area contributed by atoms with Gasteiger partial charge in [-0.1, -0.05) is 81.5 Å². The van der Waals surface area contributed by atoms with Gasteiger partial charge in [0.1, 0.15) is 23.9 Å². The molecule has 4 atom stereocenters. The molecule has 422 valence electrons. The van der Waals surface area contributed by atoms with Crippen molar-refractivity contribution in [2.45, 2.75) is 155 Å². The van der Waals surface area contributed by atoms with Crippen LogP contribution >= 0.6 is 0 Å². The number of aryl methyl sites for hydroxylation is 4. The first-order valence-electron chi connectivity index (χ1n) is 28.0. The minimum atomic E-state index is -1.07. The van der Waals surface area contributed by atoms with Gasteiger partial charge < -0.3 is 34.5 Å². The molecule has 0 aromatic heterocycles. The van der Waals surface area contributed by atoms with Crippen LogP contribution in [0.15, 0.2) is 72.8 Å². The maximum absolute atomic E-state index is 14.5. The molecule has 17 heteroatoms. The molecule has 0 spiro atoms. The number of hydrogen-bond acceptors (Lipinski definition) is 13. The van der Waals surface area contributed by atoms with Crippen molar-refractivity contribution in [3.05, 3.63) is 117 Å². The molecule has 3 heterocycles. The molecular weight excluding hydrogens is 1010 g/mol. The summed E-state index contributed by atoms with van der Waals surface area (Å²) in [6.45, 7) is 8.80. The molecule has 3 aliphatic rings. The zero-order valence-corrected chi connectivity index (χ0v) is 46.7. The number of carbonyl (C=O) groups excluding carboxylic acids is 8. The van der Waals surface area contributed by atoms with Gasteiger partial charge in [-0.2, -0.15) is 0 Å². The molecule has 0 bridgehead atoms. The van der Waals surface area contributed by atoms with Gasteiger partial charge in [0.25, 0.3) is 17.7 Å². The number of amides is 6. The summed E-state index contributed by atoms with van der Waals surface area (Å²) < 4.78 is 23.6. The number of likely N-dealkylation sites (tertiary alicyclic amines) is 1. The molecule has 0 saturated carbocycles. The summed E-state index contributed by atoms with van der Waals surface area (Å²) in [6.07, 6.45) is 9.81. The lowest BCUT2D eigenvalue weighted by Crippen LogP contribution is -2.54. The van der Waals surface area contributed by atoms with Crippen LogP contribution in [0.1, 0.15) is 169 Å². The van der Waals surface area contributed by atoms with Gasteiger partial charge in [0.05, 0.1) is 37.8 Å². The Bertz CT molecular complexity index is 2880. The predicted molar refractivity (Wildman–Crippen MR) is 298 cm³/mol. The van der Waals surface area contributed by atoms with Crippen LogP contribution in [-0.2, 0) is 39.9 Å². The summed E-state index contributed by atoms with van der Waals surface area (Å²) in [6, 6.07) is 20.4. The number of ether oxygens (including phenoxy) is 4. The van der Waals surface area contributed by atoms with Crippen molar-refractivity contribution in [2.75, 3.05) is 45.8 Å². The lowest BCUT2D eigenvalue weighted by atomic mass is 9.91.